The standard InChI is InChI=1S/C23H23N7O3S2/c1-15-9-10-24-20(11-15)29-22-12-21(26-14-27-22)28-17-3-5-18(6-4-17)30-35(32,33)23-8-7-19(34-23)13-25-16(2)31/h3-12,14,30H,13H2,1-2H3,(H,25,31)(H2,24,26,27,28,29). The highest BCUT2D eigenvalue weighted by molar-refractivity contribution is 7.94. The molecule has 0 aliphatic rings. The number of pyridine rings is 1. The van der Waals surface area contributed by atoms with E-state index in [4.69, 9.17) is 0 Å². The van der Waals surface area contributed by atoms with Gasteiger partial charge in [-0.1, -0.05) is 0 Å². The lowest BCUT2D eigenvalue weighted by Gasteiger charge is -2.10. The minimum Gasteiger partial charge on any atom is -0.351 e. The summed E-state index contributed by atoms with van der Waals surface area (Å²) in [6, 6.07) is 15.6. The van der Waals surface area contributed by atoms with Gasteiger partial charge in [-0.3, -0.25) is 9.52 Å². The van der Waals surface area contributed by atoms with Gasteiger partial charge in [0.25, 0.3) is 10.0 Å². The summed E-state index contributed by atoms with van der Waals surface area (Å²) in [5, 5.41) is 8.96. The van der Waals surface area contributed by atoms with E-state index in [1.54, 1.807) is 42.6 Å². The quantitative estimate of drug-likeness (QED) is 0.264. The molecule has 0 atom stereocenters. The highest BCUT2D eigenvalue weighted by atomic mass is 32.2. The molecule has 1 amide bonds. The van der Waals surface area contributed by atoms with Gasteiger partial charge in [0.05, 0.1) is 6.54 Å². The second kappa shape index (κ2) is 10.5. The van der Waals surface area contributed by atoms with E-state index >= 15 is 0 Å². The Hall–Kier alpha value is -4.03. The van der Waals surface area contributed by atoms with Crippen molar-refractivity contribution in [3.63, 3.8) is 0 Å². The third-order valence-corrected chi connectivity index (χ3v) is 7.62. The van der Waals surface area contributed by atoms with E-state index in [0.717, 1.165) is 27.5 Å². The molecule has 4 rings (SSSR count). The lowest BCUT2D eigenvalue weighted by atomic mass is 10.3. The minimum absolute atomic E-state index is 0.171. The van der Waals surface area contributed by atoms with Gasteiger partial charge >= 0.3 is 0 Å². The van der Waals surface area contributed by atoms with Crippen LogP contribution in [0, 0.1) is 6.92 Å². The number of thiophene rings is 1. The van der Waals surface area contributed by atoms with Crippen molar-refractivity contribution in [3.05, 3.63) is 77.6 Å². The van der Waals surface area contributed by atoms with Crippen molar-refractivity contribution >= 4 is 56.1 Å². The topological polar surface area (TPSA) is 138 Å². The van der Waals surface area contributed by atoms with Crippen molar-refractivity contribution in [1.82, 2.24) is 20.3 Å². The molecule has 0 radical (unpaired) electrons. The second-order valence-corrected chi connectivity index (χ2v) is 10.6. The van der Waals surface area contributed by atoms with Gasteiger partial charge in [0.15, 0.2) is 0 Å². The van der Waals surface area contributed by atoms with E-state index in [1.165, 1.54) is 19.3 Å². The average molecular weight is 510 g/mol. The number of hydrogen-bond acceptors (Lipinski definition) is 9. The molecule has 3 aromatic heterocycles. The van der Waals surface area contributed by atoms with E-state index in [9.17, 15) is 13.2 Å². The molecule has 0 spiro atoms. The molecular formula is C23H23N7O3S2. The Morgan fingerprint density at radius 1 is 0.886 bits per heavy atom. The van der Waals surface area contributed by atoms with Crippen LogP contribution >= 0.6 is 11.3 Å². The Kier molecular flexibility index (Phi) is 7.22. The van der Waals surface area contributed by atoms with Gasteiger partial charge in [-0.25, -0.2) is 23.4 Å². The fraction of sp³-hybridized carbons (Fsp3) is 0.130. The van der Waals surface area contributed by atoms with Crippen LogP contribution in [0.2, 0.25) is 0 Å². The van der Waals surface area contributed by atoms with Crippen molar-refractivity contribution in [1.29, 1.82) is 0 Å². The Morgan fingerprint density at radius 2 is 1.57 bits per heavy atom. The first kappa shape index (κ1) is 24.1. The van der Waals surface area contributed by atoms with Crippen LogP contribution in [0.25, 0.3) is 0 Å². The lowest BCUT2D eigenvalue weighted by Crippen LogP contribution is -2.18. The van der Waals surface area contributed by atoms with Crippen LogP contribution in [0.4, 0.5) is 28.8 Å². The summed E-state index contributed by atoms with van der Waals surface area (Å²) in [5.74, 6) is 1.65. The lowest BCUT2D eigenvalue weighted by molar-refractivity contribution is -0.119. The average Bonchev–Trinajstić information content (AvgIpc) is 3.30. The zero-order valence-electron chi connectivity index (χ0n) is 18.9. The first-order valence-corrected chi connectivity index (χ1v) is 12.8. The maximum atomic E-state index is 12.7. The van der Waals surface area contributed by atoms with Gasteiger partial charge < -0.3 is 16.0 Å². The molecule has 10 nitrogen and oxygen atoms in total. The van der Waals surface area contributed by atoms with Crippen LogP contribution in [0.1, 0.15) is 17.4 Å². The number of aromatic nitrogens is 3. The Bertz CT molecular complexity index is 1440. The number of hydrogen-bond donors (Lipinski definition) is 4. The van der Waals surface area contributed by atoms with Crippen molar-refractivity contribution in [3.8, 4) is 0 Å². The summed E-state index contributed by atoms with van der Waals surface area (Å²) in [6.07, 6.45) is 3.15. The molecule has 0 aliphatic carbocycles. The van der Waals surface area contributed by atoms with E-state index in [2.05, 4.69) is 35.6 Å². The molecule has 12 heteroatoms. The number of rotatable bonds is 9. The number of benzene rings is 1. The summed E-state index contributed by atoms with van der Waals surface area (Å²) in [4.78, 5) is 24.5. The number of nitrogens with zero attached hydrogens (tertiary/aromatic N) is 3. The van der Waals surface area contributed by atoms with Crippen molar-refractivity contribution < 1.29 is 13.2 Å². The Labute approximate surface area is 206 Å². The van der Waals surface area contributed by atoms with Crippen LogP contribution < -0.4 is 20.7 Å². The predicted molar refractivity (Wildman–Crippen MR) is 137 cm³/mol. The van der Waals surface area contributed by atoms with Gasteiger partial charge in [0.2, 0.25) is 5.91 Å². The molecule has 4 N–H and O–H groups in total. The van der Waals surface area contributed by atoms with Crippen LogP contribution in [-0.4, -0.2) is 29.3 Å². The largest absolute Gasteiger partial charge is 0.351 e. The van der Waals surface area contributed by atoms with Gasteiger partial charge in [-0.15, -0.1) is 11.3 Å². The van der Waals surface area contributed by atoms with Crippen molar-refractivity contribution in [2.75, 3.05) is 15.4 Å². The normalized spacial score (nSPS) is 11.0. The highest BCUT2D eigenvalue weighted by Crippen LogP contribution is 2.25. The second-order valence-electron chi connectivity index (χ2n) is 7.57. The molecule has 0 aliphatic heterocycles. The fourth-order valence-electron chi connectivity index (χ4n) is 3.01. The van der Waals surface area contributed by atoms with Gasteiger partial charge in [0, 0.05) is 35.4 Å². The molecule has 0 unspecified atom stereocenters. The monoisotopic (exact) mass is 509 g/mol. The zero-order chi connectivity index (χ0) is 24.8. The molecule has 3 heterocycles. The van der Waals surface area contributed by atoms with E-state index in [1.807, 2.05) is 19.1 Å². The summed E-state index contributed by atoms with van der Waals surface area (Å²) in [5.41, 5.74) is 2.22. The molecule has 0 fully saturated rings. The third-order valence-electron chi connectivity index (χ3n) is 4.66. The first-order chi connectivity index (χ1) is 16.8. The number of carbonyl (C=O) groups is 1. The molecule has 35 heavy (non-hydrogen) atoms. The number of aryl methyl sites for hydroxylation is 1. The molecular weight excluding hydrogens is 486 g/mol. The van der Waals surface area contributed by atoms with E-state index in [-0.39, 0.29) is 16.7 Å². The SMILES string of the molecule is CC(=O)NCc1ccc(S(=O)(=O)Nc2ccc(Nc3cc(Nc4cc(C)ccn4)ncn3)cc2)s1. The maximum absolute atomic E-state index is 12.7. The van der Waals surface area contributed by atoms with Gasteiger partial charge in [-0.2, -0.15) is 0 Å². The molecule has 4 aromatic rings. The predicted octanol–water partition coefficient (Wildman–Crippen LogP) is 4.17. The number of nitrogens with one attached hydrogen (secondary N) is 4. The zero-order valence-corrected chi connectivity index (χ0v) is 20.6. The van der Waals surface area contributed by atoms with E-state index < -0.39 is 10.0 Å². The summed E-state index contributed by atoms with van der Waals surface area (Å²) < 4.78 is 28.1. The van der Waals surface area contributed by atoms with Crippen LogP contribution in [0.3, 0.4) is 0 Å². The van der Waals surface area contributed by atoms with Crippen molar-refractivity contribution in [2.24, 2.45) is 0 Å². The number of sulfonamides is 1. The molecule has 0 saturated heterocycles. The maximum Gasteiger partial charge on any atom is 0.271 e. The summed E-state index contributed by atoms with van der Waals surface area (Å²) in [7, 11) is -3.74. The molecule has 0 saturated carbocycles. The molecule has 180 valence electrons. The Morgan fingerprint density at radius 3 is 2.29 bits per heavy atom. The minimum atomic E-state index is -3.74. The summed E-state index contributed by atoms with van der Waals surface area (Å²) in [6.45, 7) is 3.68. The van der Waals surface area contributed by atoms with Crippen LogP contribution in [-0.2, 0) is 21.4 Å². The summed E-state index contributed by atoms with van der Waals surface area (Å²) >= 11 is 1.11. The smallest absolute Gasteiger partial charge is 0.271 e. The van der Waals surface area contributed by atoms with Crippen LogP contribution in [0.15, 0.2) is 71.3 Å². The number of carbonyl (C=O) groups excluding carboxylic acids is 1. The fourth-order valence-corrected chi connectivity index (χ4v) is 5.37. The Balaban J connectivity index is 1.39. The number of amides is 1. The van der Waals surface area contributed by atoms with Gasteiger partial charge in [-0.05, 0) is 61.0 Å². The molecule has 1 aromatic carbocycles. The first-order valence-electron chi connectivity index (χ1n) is 10.5. The number of anilines is 5. The highest BCUT2D eigenvalue weighted by Gasteiger charge is 2.17. The van der Waals surface area contributed by atoms with Crippen molar-refractivity contribution in [2.45, 2.75) is 24.6 Å². The third kappa shape index (κ3) is 6.74. The van der Waals surface area contributed by atoms with Gasteiger partial charge in [0.1, 0.15) is 28.0 Å². The van der Waals surface area contributed by atoms with Crippen LogP contribution in [0.5, 0.6) is 0 Å². The van der Waals surface area contributed by atoms with E-state index in [0.29, 0.717) is 23.1 Å². The molecule has 0 bridgehead atoms.